The molecule has 0 aliphatic rings. The summed E-state index contributed by atoms with van der Waals surface area (Å²) < 4.78 is 7.98. The van der Waals surface area contributed by atoms with Crippen LogP contribution < -0.4 is 4.74 Å². The molecule has 2 aromatic heterocycles. The summed E-state index contributed by atoms with van der Waals surface area (Å²) in [6.45, 7) is 0. The molecule has 4 nitrogen and oxygen atoms in total. The van der Waals surface area contributed by atoms with Gasteiger partial charge in [-0.3, -0.25) is 0 Å². The van der Waals surface area contributed by atoms with E-state index in [0.717, 1.165) is 21.4 Å². The van der Waals surface area contributed by atoms with Gasteiger partial charge in [0.05, 0.1) is 17.1 Å². The van der Waals surface area contributed by atoms with Crippen LogP contribution in [0.25, 0.3) is 17.0 Å². The summed E-state index contributed by atoms with van der Waals surface area (Å²) in [4.78, 5) is 4.52. The highest BCUT2D eigenvalue weighted by Gasteiger charge is 2.12. The van der Waals surface area contributed by atoms with Gasteiger partial charge >= 0.3 is 0 Å². The van der Waals surface area contributed by atoms with E-state index in [-0.39, 0.29) is 0 Å². The van der Waals surface area contributed by atoms with Crippen molar-refractivity contribution in [1.82, 2.24) is 14.6 Å². The van der Waals surface area contributed by atoms with Crippen molar-refractivity contribution >= 4 is 21.6 Å². The zero-order valence-electron chi connectivity index (χ0n) is 9.67. The van der Waals surface area contributed by atoms with Crippen molar-refractivity contribution in [2.75, 3.05) is 7.11 Å². The van der Waals surface area contributed by atoms with E-state index < -0.39 is 0 Å². The maximum absolute atomic E-state index is 5.33. The number of aromatic nitrogens is 3. The number of pyridine rings is 1. The molecule has 0 spiro atoms. The normalized spacial score (nSPS) is 10.8. The Labute approximate surface area is 112 Å². The SMILES string of the molecule is COc1ccccc1-c1nc2c(Br)cccn2n1. The number of fused-ring (bicyclic) bond motifs is 1. The number of benzene rings is 1. The lowest BCUT2D eigenvalue weighted by Gasteiger charge is -2.03. The van der Waals surface area contributed by atoms with Gasteiger partial charge in [-0.15, -0.1) is 5.10 Å². The van der Waals surface area contributed by atoms with E-state index in [9.17, 15) is 0 Å². The number of ether oxygens (including phenoxy) is 1. The lowest BCUT2D eigenvalue weighted by molar-refractivity contribution is 0.416. The van der Waals surface area contributed by atoms with Crippen LogP contribution in [-0.2, 0) is 0 Å². The number of hydrogen-bond acceptors (Lipinski definition) is 3. The van der Waals surface area contributed by atoms with Gasteiger partial charge in [0, 0.05) is 6.20 Å². The van der Waals surface area contributed by atoms with Gasteiger partial charge in [0.1, 0.15) is 5.75 Å². The highest BCUT2D eigenvalue weighted by Crippen LogP contribution is 2.28. The van der Waals surface area contributed by atoms with Crippen LogP contribution in [-0.4, -0.2) is 21.7 Å². The minimum absolute atomic E-state index is 0.652. The van der Waals surface area contributed by atoms with Gasteiger partial charge in [0.15, 0.2) is 11.5 Å². The molecule has 18 heavy (non-hydrogen) atoms. The fourth-order valence-electron chi connectivity index (χ4n) is 1.82. The minimum atomic E-state index is 0.652. The second kappa shape index (κ2) is 4.42. The molecule has 2 heterocycles. The number of rotatable bonds is 2. The maximum Gasteiger partial charge on any atom is 0.185 e. The van der Waals surface area contributed by atoms with Gasteiger partial charge in [-0.1, -0.05) is 12.1 Å². The van der Waals surface area contributed by atoms with Crippen LogP contribution in [0.3, 0.4) is 0 Å². The summed E-state index contributed by atoms with van der Waals surface area (Å²) >= 11 is 3.46. The molecule has 1 aromatic carbocycles. The molecule has 0 unspecified atom stereocenters. The van der Waals surface area contributed by atoms with E-state index in [1.54, 1.807) is 11.6 Å². The van der Waals surface area contributed by atoms with Crippen molar-refractivity contribution in [3.05, 3.63) is 47.1 Å². The number of hydrogen-bond donors (Lipinski definition) is 0. The summed E-state index contributed by atoms with van der Waals surface area (Å²) in [5, 5.41) is 4.45. The molecule has 90 valence electrons. The topological polar surface area (TPSA) is 39.4 Å². The van der Waals surface area contributed by atoms with E-state index in [1.165, 1.54) is 0 Å². The van der Waals surface area contributed by atoms with Crippen LogP contribution in [0.1, 0.15) is 0 Å². The summed E-state index contributed by atoms with van der Waals surface area (Å²) in [6, 6.07) is 11.6. The van der Waals surface area contributed by atoms with E-state index in [1.807, 2.05) is 42.6 Å². The Balaban J connectivity index is 2.23. The minimum Gasteiger partial charge on any atom is -0.496 e. The van der Waals surface area contributed by atoms with E-state index in [0.29, 0.717) is 5.82 Å². The predicted octanol–water partition coefficient (Wildman–Crippen LogP) is 3.17. The van der Waals surface area contributed by atoms with E-state index in [4.69, 9.17) is 4.74 Å². The average Bonchev–Trinajstić information content (AvgIpc) is 2.84. The second-order valence-corrected chi connectivity index (χ2v) is 4.61. The van der Waals surface area contributed by atoms with Crippen molar-refractivity contribution in [1.29, 1.82) is 0 Å². The first-order valence-corrected chi connectivity index (χ1v) is 6.23. The summed E-state index contributed by atoms with van der Waals surface area (Å²) in [7, 11) is 1.64. The van der Waals surface area contributed by atoms with Gasteiger partial charge in [0.2, 0.25) is 0 Å². The molecule has 0 amide bonds. The lowest BCUT2D eigenvalue weighted by Crippen LogP contribution is -1.89. The molecule has 0 saturated heterocycles. The predicted molar refractivity (Wildman–Crippen MR) is 72.7 cm³/mol. The first kappa shape index (κ1) is 11.2. The molecule has 0 fully saturated rings. The van der Waals surface area contributed by atoms with Crippen molar-refractivity contribution in [2.24, 2.45) is 0 Å². The highest BCUT2D eigenvalue weighted by molar-refractivity contribution is 9.10. The van der Waals surface area contributed by atoms with Crippen LogP contribution in [0.2, 0.25) is 0 Å². The number of para-hydroxylation sites is 1. The number of halogens is 1. The van der Waals surface area contributed by atoms with Gasteiger partial charge in [-0.05, 0) is 40.2 Å². The number of nitrogens with zero attached hydrogens (tertiary/aromatic N) is 3. The van der Waals surface area contributed by atoms with E-state index >= 15 is 0 Å². The molecular weight excluding hydrogens is 294 g/mol. The third-order valence-corrected chi connectivity index (χ3v) is 3.28. The average molecular weight is 304 g/mol. The Kier molecular flexibility index (Phi) is 2.76. The van der Waals surface area contributed by atoms with Crippen molar-refractivity contribution in [3.8, 4) is 17.1 Å². The molecule has 0 N–H and O–H groups in total. The molecule has 3 rings (SSSR count). The lowest BCUT2D eigenvalue weighted by atomic mass is 10.2. The third kappa shape index (κ3) is 1.76. The molecule has 5 heteroatoms. The molecule has 0 atom stereocenters. The Morgan fingerprint density at radius 3 is 2.78 bits per heavy atom. The van der Waals surface area contributed by atoms with E-state index in [2.05, 4.69) is 26.0 Å². The third-order valence-electron chi connectivity index (χ3n) is 2.66. The first-order chi connectivity index (χ1) is 8.79. The van der Waals surface area contributed by atoms with Gasteiger partial charge in [0.25, 0.3) is 0 Å². The Morgan fingerprint density at radius 1 is 1.17 bits per heavy atom. The summed E-state index contributed by atoms with van der Waals surface area (Å²) in [5.74, 6) is 1.42. The standard InChI is InChI=1S/C13H10BrN3O/c1-18-11-7-3-2-5-9(11)12-15-13-10(14)6-4-8-17(13)16-12/h2-8H,1H3. The zero-order chi connectivity index (χ0) is 12.5. The summed E-state index contributed by atoms with van der Waals surface area (Å²) in [5.41, 5.74) is 1.68. The smallest absolute Gasteiger partial charge is 0.185 e. The number of methoxy groups -OCH3 is 1. The quantitative estimate of drug-likeness (QED) is 0.730. The fraction of sp³-hybridized carbons (Fsp3) is 0.0769. The highest BCUT2D eigenvalue weighted by atomic mass is 79.9. The van der Waals surface area contributed by atoms with Crippen LogP contribution in [0.5, 0.6) is 5.75 Å². The molecule has 0 saturated carbocycles. The van der Waals surface area contributed by atoms with Crippen molar-refractivity contribution in [2.45, 2.75) is 0 Å². The Hall–Kier alpha value is -1.88. The van der Waals surface area contributed by atoms with Crippen molar-refractivity contribution in [3.63, 3.8) is 0 Å². The largest absolute Gasteiger partial charge is 0.496 e. The zero-order valence-corrected chi connectivity index (χ0v) is 11.3. The Bertz CT molecular complexity index is 708. The van der Waals surface area contributed by atoms with Gasteiger partial charge < -0.3 is 4.74 Å². The Morgan fingerprint density at radius 2 is 2.00 bits per heavy atom. The van der Waals surface area contributed by atoms with Crippen LogP contribution in [0.4, 0.5) is 0 Å². The van der Waals surface area contributed by atoms with Crippen LogP contribution in [0, 0.1) is 0 Å². The fourth-order valence-corrected chi connectivity index (χ4v) is 2.24. The van der Waals surface area contributed by atoms with Gasteiger partial charge in [-0.25, -0.2) is 9.50 Å². The monoisotopic (exact) mass is 303 g/mol. The van der Waals surface area contributed by atoms with Crippen molar-refractivity contribution < 1.29 is 4.74 Å². The molecule has 3 aromatic rings. The molecule has 0 radical (unpaired) electrons. The van der Waals surface area contributed by atoms with Crippen LogP contribution >= 0.6 is 15.9 Å². The molecule has 0 bridgehead atoms. The first-order valence-electron chi connectivity index (χ1n) is 5.44. The molecule has 0 aliphatic heterocycles. The molecule has 0 aliphatic carbocycles. The molecular formula is C13H10BrN3O. The maximum atomic E-state index is 5.33. The second-order valence-electron chi connectivity index (χ2n) is 3.76. The summed E-state index contributed by atoms with van der Waals surface area (Å²) in [6.07, 6.45) is 1.87. The van der Waals surface area contributed by atoms with Crippen LogP contribution in [0.15, 0.2) is 47.1 Å². The van der Waals surface area contributed by atoms with Gasteiger partial charge in [-0.2, -0.15) is 0 Å².